The van der Waals surface area contributed by atoms with Crippen molar-refractivity contribution in [3.05, 3.63) is 35.5 Å². The molecule has 2 aromatic rings. The highest BCUT2D eigenvalue weighted by Crippen LogP contribution is 2.21. The summed E-state index contributed by atoms with van der Waals surface area (Å²) in [5.41, 5.74) is 1.02. The Morgan fingerprint density at radius 3 is 2.90 bits per heavy atom. The summed E-state index contributed by atoms with van der Waals surface area (Å²) in [6, 6.07) is 4.87. The maximum absolute atomic E-state index is 13.5. The van der Waals surface area contributed by atoms with Crippen LogP contribution in [0.4, 0.5) is 4.39 Å². The molecule has 5 nitrogen and oxygen atoms in total. The van der Waals surface area contributed by atoms with Crippen LogP contribution >= 0.6 is 0 Å². The predicted octanol–water partition coefficient (Wildman–Crippen LogP) is 2.06. The molecule has 0 amide bonds. The van der Waals surface area contributed by atoms with Gasteiger partial charge in [0.25, 0.3) is 5.89 Å². The van der Waals surface area contributed by atoms with Crippen LogP contribution in [0, 0.1) is 12.7 Å². The first-order valence-corrected chi connectivity index (χ1v) is 6.50. The van der Waals surface area contributed by atoms with E-state index in [-0.39, 0.29) is 18.0 Å². The highest BCUT2D eigenvalue weighted by atomic mass is 19.1. The minimum atomic E-state index is -0.279. The molecular formula is C14H16FN3O2. The average Bonchev–Trinajstić information content (AvgIpc) is 2.86. The van der Waals surface area contributed by atoms with Gasteiger partial charge in [0.05, 0.1) is 5.60 Å². The van der Waals surface area contributed by atoms with Gasteiger partial charge in [0.1, 0.15) is 12.4 Å². The smallest absolute Gasteiger partial charge is 0.252 e. The maximum atomic E-state index is 13.5. The summed E-state index contributed by atoms with van der Waals surface area (Å²) in [6.07, 6.45) is 0. The van der Waals surface area contributed by atoms with Crippen LogP contribution in [0.1, 0.15) is 18.4 Å². The van der Waals surface area contributed by atoms with Gasteiger partial charge < -0.3 is 14.6 Å². The van der Waals surface area contributed by atoms with Crippen LogP contribution in [0.25, 0.3) is 11.4 Å². The Hall–Kier alpha value is -1.79. The number of rotatable bonds is 4. The van der Waals surface area contributed by atoms with E-state index in [0.29, 0.717) is 22.8 Å². The summed E-state index contributed by atoms with van der Waals surface area (Å²) in [5.74, 6) is 0.492. The van der Waals surface area contributed by atoms with Gasteiger partial charge in [-0.2, -0.15) is 4.98 Å². The van der Waals surface area contributed by atoms with E-state index in [1.54, 1.807) is 19.1 Å². The standard InChI is InChI=1S/C14H16FN3O2/c1-9-3-4-10(5-11(9)15)13-17-12(20-18-13)6-19-14(2)7-16-8-14/h3-5,16H,6-8H2,1-2H3. The number of aryl methyl sites for hydroxylation is 1. The summed E-state index contributed by atoms with van der Waals surface area (Å²) in [4.78, 5) is 4.22. The van der Waals surface area contributed by atoms with Crippen LogP contribution in [0.3, 0.4) is 0 Å². The number of nitrogens with one attached hydrogen (secondary N) is 1. The number of hydrogen-bond donors (Lipinski definition) is 1. The fourth-order valence-electron chi connectivity index (χ4n) is 1.98. The van der Waals surface area contributed by atoms with Gasteiger partial charge in [-0.25, -0.2) is 4.39 Å². The van der Waals surface area contributed by atoms with Crippen LogP contribution in [-0.2, 0) is 11.3 Å². The molecule has 0 saturated carbocycles. The van der Waals surface area contributed by atoms with Crippen molar-refractivity contribution in [2.75, 3.05) is 13.1 Å². The Labute approximate surface area is 116 Å². The summed E-state index contributed by atoms with van der Waals surface area (Å²) in [7, 11) is 0. The lowest BCUT2D eigenvalue weighted by molar-refractivity contribution is -0.0841. The molecule has 106 valence electrons. The first kappa shape index (κ1) is 13.2. The molecule has 1 aromatic heterocycles. The molecule has 0 aliphatic carbocycles. The zero-order chi connectivity index (χ0) is 14.2. The van der Waals surface area contributed by atoms with Crippen molar-refractivity contribution in [2.45, 2.75) is 26.1 Å². The molecule has 1 aliphatic rings. The monoisotopic (exact) mass is 277 g/mol. The van der Waals surface area contributed by atoms with Gasteiger partial charge in [-0.3, -0.25) is 0 Å². The second-order valence-electron chi connectivity index (χ2n) is 5.32. The third kappa shape index (κ3) is 2.57. The molecule has 3 rings (SSSR count). The molecule has 2 heterocycles. The van der Waals surface area contributed by atoms with Gasteiger partial charge in [-0.15, -0.1) is 0 Å². The van der Waals surface area contributed by atoms with E-state index in [1.165, 1.54) is 6.07 Å². The summed E-state index contributed by atoms with van der Waals surface area (Å²) >= 11 is 0. The van der Waals surface area contributed by atoms with Crippen molar-refractivity contribution in [2.24, 2.45) is 0 Å². The molecule has 6 heteroatoms. The molecule has 0 atom stereocenters. The fraction of sp³-hybridized carbons (Fsp3) is 0.429. The molecule has 20 heavy (non-hydrogen) atoms. The van der Waals surface area contributed by atoms with E-state index in [9.17, 15) is 4.39 Å². The Bertz CT molecular complexity index is 623. The Kier molecular flexibility index (Phi) is 3.27. The second-order valence-corrected chi connectivity index (χ2v) is 5.32. The number of aromatic nitrogens is 2. The van der Waals surface area contributed by atoms with Crippen molar-refractivity contribution in [1.29, 1.82) is 0 Å². The highest BCUT2D eigenvalue weighted by Gasteiger charge is 2.33. The van der Waals surface area contributed by atoms with Crippen molar-refractivity contribution in [1.82, 2.24) is 15.5 Å². The fourth-order valence-corrected chi connectivity index (χ4v) is 1.98. The Morgan fingerprint density at radius 1 is 1.45 bits per heavy atom. The SMILES string of the molecule is Cc1ccc(-c2noc(COC3(C)CNC3)n2)cc1F. The molecule has 0 spiro atoms. The van der Waals surface area contributed by atoms with Gasteiger partial charge in [-0.1, -0.05) is 17.3 Å². The first-order chi connectivity index (χ1) is 9.56. The number of benzene rings is 1. The maximum Gasteiger partial charge on any atom is 0.252 e. The Balaban J connectivity index is 1.71. The lowest BCUT2D eigenvalue weighted by atomic mass is 10.0. The van der Waals surface area contributed by atoms with Gasteiger partial charge in [0.15, 0.2) is 0 Å². The van der Waals surface area contributed by atoms with Crippen molar-refractivity contribution in [3.8, 4) is 11.4 Å². The molecule has 1 aliphatic heterocycles. The molecule has 0 unspecified atom stereocenters. The largest absolute Gasteiger partial charge is 0.363 e. The predicted molar refractivity (Wildman–Crippen MR) is 70.5 cm³/mol. The molecule has 0 bridgehead atoms. The van der Waals surface area contributed by atoms with E-state index in [2.05, 4.69) is 15.5 Å². The average molecular weight is 277 g/mol. The lowest BCUT2D eigenvalue weighted by Crippen LogP contribution is -2.58. The van der Waals surface area contributed by atoms with E-state index < -0.39 is 0 Å². The zero-order valence-electron chi connectivity index (χ0n) is 11.4. The summed E-state index contributed by atoms with van der Waals surface area (Å²) in [5, 5.41) is 7.00. The van der Waals surface area contributed by atoms with Gasteiger partial charge in [0.2, 0.25) is 5.82 Å². The molecule has 1 N–H and O–H groups in total. The third-order valence-electron chi connectivity index (χ3n) is 3.44. The number of ether oxygens (including phenoxy) is 1. The van der Waals surface area contributed by atoms with E-state index in [1.807, 2.05) is 6.92 Å². The molecule has 0 radical (unpaired) electrons. The van der Waals surface area contributed by atoms with E-state index in [0.717, 1.165) is 13.1 Å². The Morgan fingerprint density at radius 2 is 2.25 bits per heavy atom. The number of hydrogen-bond acceptors (Lipinski definition) is 5. The molecular weight excluding hydrogens is 261 g/mol. The summed E-state index contributed by atoms with van der Waals surface area (Å²) < 4.78 is 24.3. The van der Waals surface area contributed by atoms with E-state index in [4.69, 9.17) is 9.26 Å². The van der Waals surface area contributed by atoms with Gasteiger partial charge >= 0.3 is 0 Å². The van der Waals surface area contributed by atoms with Crippen molar-refractivity contribution in [3.63, 3.8) is 0 Å². The van der Waals surface area contributed by atoms with Crippen LogP contribution < -0.4 is 5.32 Å². The molecule has 1 aromatic carbocycles. The number of nitrogens with zero attached hydrogens (tertiary/aromatic N) is 2. The van der Waals surface area contributed by atoms with Gasteiger partial charge in [0, 0.05) is 18.7 Å². The topological polar surface area (TPSA) is 60.2 Å². The van der Waals surface area contributed by atoms with E-state index >= 15 is 0 Å². The minimum Gasteiger partial charge on any atom is -0.363 e. The summed E-state index contributed by atoms with van der Waals surface area (Å²) in [6.45, 7) is 5.63. The van der Waals surface area contributed by atoms with Crippen LogP contribution in [0.15, 0.2) is 22.7 Å². The first-order valence-electron chi connectivity index (χ1n) is 6.50. The quantitative estimate of drug-likeness (QED) is 0.927. The second kappa shape index (κ2) is 4.96. The third-order valence-corrected chi connectivity index (χ3v) is 3.44. The molecule has 1 saturated heterocycles. The van der Waals surface area contributed by atoms with Crippen LogP contribution in [0.2, 0.25) is 0 Å². The normalized spacial score (nSPS) is 16.9. The minimum absolute atomic E-state index is 0.162. The highest BCUT2D eigenvalue weighted by molar-refractivity contribution is 5.54. The van der Waals surface area contributed by atoms with Crippen molar-refractivity contribution < 1.29 is 13.7 Å². The zero-order valence-corrected chi connectivity index (χ0v) is 11.4. The van der Waals surface area contributed by atoms with Gasteiger partial charge in [-0.05, 0) is 25.5 Å². The number of halogens is 1. The van der Waals surface area contributed by atoms with Crippen LogP contribution in [0.5, 0.6) is 0 Å². The lowest BCUT2D eigenvalue weighted by Gasteiger charge is -2.38. The van der Waals surface area contributed by atoms with Crippen LogP contribution in [-0.4, -0.2) is 28.8 Å². The molecule has 1 fully saturated rings. The van der Waals surface area contributed by atoms with Crippen molar-refractivity contribution >= 4 is 0 Å².